The Morgan fingerprint density at radius 3 is 2.50 bits per heavy atom. The summed E-state index contributed by atoms with van der Waals surface area (Å²) in [5.41, 5.74) is 7.24. The fraction of sp³-hybridized carbons (Fsp3) is 0.818. The van der Waals surface area contributed by atoms with Crippen molar-refractivity contribution >= 4 is 0 Å². The summed E-state index contributed by atoms with van der Waals surface area (Å²) in [5, 5.41) is 0. The van der Waals surface area contributed by atoms with Crippen molar-refractivity contribution in [3.63, 3.8) is 0 Å². The van der Waals surface area contributed by atoms with E-state index < -0.39 is 0 Å². The van der Waals surface area contributed by atoms with E-state index in [4.69, 9.17) is 5.73 Å². The van der Waals surface area contributed by atoms with Crippen molar-refractivity contribution in [3.8, 4) is 0 Å². The SMILES string of the molecule is NCC/C=C1\CC2CCC1CC2. The van der Waals surface area contributed by atoms with Gasteiger partial charge < -0.3 is 5.73 Å². The van der Waals surface area contributed by atoms with Crippen LogP contribution in [0.25, 0.3) is 0 Å². The largest absolute Gasteiger partial charge is 0.330 e. The van der Waals surface area contributed by atoms with Crippen LogP contribution >= 0.6 is 0 Å². The summed E-state index contributed by atoms with van der Waals surface area (Å²) in [4.78, 5) is 0. The lowest BCUT2D eigenvalue weighted by molar-refractivity contribution is 0.238. The van der Waals surface area contributed by atoms with Crippen LogP contribution in [0.3, 0.4) is 0 Å². The second-order valence-corrected chi connectivity index (χ2v) is 4.28. The normalized spacial score (nSPS) is 37.6. The molecule has 0 heterocycles. The Hall–Kier alpha value is -0.300. The minimum Gasteiger partial charge on any atom is -0.330 e. The first-order valence-electron chi connectivity index (χ1n) is 5.29. The molecule has 3 saturated carbocycles. The molecule has 0 amide bonds. The van der Waals surface area contributed by atoms with Crippen LogP contribution in [0.15, 0.2) is 11.6 Å². The van der Waals surface area contributed by atoms with Gasteiger partial charge in [0.2, 0.25) is 0 Å². The van der Waals surface area contributed by atoms with E-state index in [2.05, 4.69) is 6.08 Å². The first-order valence-corrected chi connectivity index (χ1v) is 5.29. The van der Waals surface area contributed by atoms with E-state index in [0.717, 1.165) is 24.8 Å². The molecule has 0 aliphatic heterocycles. The maximum atomic E-state index is 5.50. The highest BCUT2D eigenvalue weighted by molar-refractivity contribution is 5.13. The zero-order chi connectivity index (χ0) is 8.39. The predicted molar refractivity (Wildman–Crippen MR) is 51.8 cm³/mol. The van der Waals surface area contributed by atoms with Crippen molar-refractivity contribution in [2.45, 2.75) is 38.5 Å². The first kappa shape index (κ1) is 8.31. The van der Waals surface area contributed by atoms with Crippen LogP contribution in [0.2, 0.25) is 0 Å². The van der Waals surface area contributed by atoms with E-state index in [-0.39, 0.29) is 0 Å². The summed E-state index contributed by atoms with van der Waals surface area (Å²) in [6.45, 7) is 0.820. The third-order valence-electron chi connectivity index (χ3n) is 3.47. The highest BCUT2D eigenvalue weighted by atomic mass is 14.5. The molecular formula is C11H19N. The standard InChI is InChI=1S/C11H19N/c12-7-1-2-11-8-9-3-5-10(11)6-4-9/h2,9-10H,1,3-8,12H2/b11-2+. The zero-order valence-electron chi connectivity index (χ0n) is 7.76. The Balaban J connectivity index is 1.99. The van der Waals surface area contributed by atoms with Gasteiger partial charge in [-0.25, -0.2) is 0 Å². The number of fused-ring (bicyclic) bond motifs is 3. The van der Waals surface area contributed by atoms with Crippen molar-refractivity contribution in [2.75, 3.05) is 6.54 Å². The van der Waals surface area contributed by atoms with Crippen molar-refractivity contribution in [1.29, 1.82) is 0 Å². The van der Waals surface area contributed by atoms with E-state index in [9.17, 15) is 0 Å². The number of nitrogens with two attached hydrogens (primary N) is 1. The van der Waals surface area contributed by atoms with Gasteiger partial charge in [-0.05, 0) is 56.9 Å². The lowest BCUT2D eigenvalue weighted by Crippen LogP contribution is -2.24. The molecule has 0 saturated heterocycles. The first-order chi connectivity index (χ1) is 5.90. The molecular weight excluding hydrogens is 146 g/mol. The van der Waals surface area contributed by atoms with Gasteiger partial charge in [-0.1, -0.05) is 11.6 Å². The average molecular weight is 165 g/mol. The molecule has 1 nitrogen and oxygen atoms in total. The van der Waals surface area contributed by atoms with Crippen LogP contribution in [0.4, 0.5) is 0 Å². The Kier molecular flexibility index (Phi) is 2.50. The Labute approximate surface area is 75.0 Å². The number of hydrogen-bond donors (Lipinski definition) is 1. The lowest BCUT2D eigenvalue weighted by Gasteiger charge is -2.38. The van der Waals surface area contributed by atoms with Crippen LogP contribution in [0.1, 0.15) is 38.5 Å². The summed E-state index contributed by atoms with van der Waals surface area (Å²) in [6, 6.07) is 0. The monoisotopic (exact) mass is 165 g/mol. The van der Waals surface area contributed by atoms with Gasteiger partial charge in [0.1, 0.15) is 0 Å². The second kappa shape index (κ2) is 3.61. The molecule has 1 heteroatoms. The maximum Gasteiger partial charge on any atom is -0.00425 e. The smallest absolute Gasteiger partial charge is 0.00425 e. The molecule has 3 aliphatic carbocycles. The highest BCUT2D eigenvalue weighted by Crippen LogP contribution is 2.44. The van der Waals surface area contributed by atoms with Gasteiger partial charge >= 0.3 is 0 Å². The minimum absolute atomic E-state index is 0.820. The molecule has 0 unspecified atom stereocenters. The van der Waals surface area contributed by atoms with Gasteiger partial charge in [-0.3, -0.25) is 0 Å². The molecule has 12 heavy (non-hydrogen) atoms. The summed E-state index contributed by atoms with van der Waals surface area (Å²) in [6.07, 6.45) is 10.8. The van der Waals surface area contributed by atoms with E-state index in [0.29, 0.717) is 0 Å². The molecule has 0 aromatic heterocycles. The fourth-order valence-corrected chi connectivity index (χ4v) is 2.76. The molecule has 2 N–H and O–H groups in total. The third-order valence-corrected chi connectivity index (χ3v) is 3.47. The predicted octanol–water partition coefficient (Wildman–Crippen LogP) is 2.47. The van der Waals surface area contributed by atoms with Crippen molar-refractivity contribution in [2.24, 2.45) is 17.6 Å². The minimum atomic E-state index is 0.820. The van der Waals surface area contributed by atoms with Gasteiger partial charge in [-0.15, -0.1) is 0 Å². The lowest BCUT2D eigenvalue weighted by atomic mass is 9.68. The van der Waals surface area contributed by atoms with Gasteiger partial charge in [0.25, 0.3) is 0 Å². The fourth-order valence-electron chi connectivity index (χ4n) is 2.76. The third kappa shape index (κ3) is 1.56. The van der Waals surface area contributed by atoms with E-state index >= 15 is 0 Å². The molecule has 0 aromatic rings. The van der Waals surface area contributed by atoms with E-state index in [1.807, 2.05) is 0 Å². The van der Waals surface area contributed by atoms with Crippen LogP contribution in [0.5, 0.6) is 0 Å². The molecule has 68 valence electrons. The molecule has 0 atom stereocenters. The summed E-state index contributed by atoms with van der Waals surface area (Å²) >= 11 is 0. The van der Waals surface area contributed by atoms with Crippen LogP contribution in [-0.4, -0.2) is 6.54 Å². The summed E-state index contributed by atoms with van der Waals surface area (Å²) in [5.74, 6) is 1.97. The molecule has 2 bridgehead atoms. The van der Waals surface area contributed by atoms with Crippen LogP contribution in [0, 0.1) is 11.8 Å². The highest BCUT2D eigenvalue weighted by Gasteiger charge is 2.30. The second-order valence-electron chi connectivity index (χ2n) is 4.28. The van der Waals surface area contributed by atoms with Crippen LogP contribution in [-0.2, 0) is 0 Å². The van der Waals surface area contributed by atoms with Crippen molar-refractivity contribution in [3.05, 3.63) is 11.6 Å². The van der Waals surface area contributed by atoms with Gasteiger partial charge in [0.05, 0.1) is 0 Å². The quantitative estimate of drug-likeness (QED) is 0.625. The number of hydrogen-bond acceptors (Lipinski definition) is 1. The molecule has 0 spiro atoms. The molecule has 3 fully saturated rings. The molecule has 3 rings (SSSR count). The molecule has 0 radical (unpaired) electrons. The summed E-state index contributed by atoms with van der Waals surface area (Å²) in [7, 11) is 0. The van der Waals surface area contributed by atoms with Crippen molar-refractivity contribution < 1.29 is 0 Å². The van der Waals surface area contributed by atoms with Crippen molar-refractivity contribution in [1.82, 2.24) is 0 Å². The topological polar surface area (TPSA) is 26.0 Å². The number of rotatable bonds is 2. The van der Waals surface area contributed by atoms with Crippen LogP contribution < -0.4 is 5.73 Å². The summed E-state index contributed by atoms with van der Waals surface area (Å²) < 4.78 is 0. The number of allylic oxidation sites excluding steroid dienone is 1. The zero-order valence-corrected chi connectivity index (χ0v) is 7.76. The van der Waals surface area contributed by atoms with E-state index in [1.54, 1.807) is 5.57 Å². The van der Waals surface area contributed by atoms with Gasteiger partial charge in [0.15, 0.2) is 0 Å². The van der Waals surface area contributed by atoms with Gasteiger partial charge in [-0.2, -0.15) is 0 Å². The Morgan fingerprint density at radius 2 is 2.00 bits per heavy atom. The van der Waals surface area contributed by atoms with Gasteiger partial charge in [0, 0.05) is 0 Å². The van der Waals surface area contributed by atoms with E-state index in [1.165, 1.54) is 32.1 Å². The Bertz CT molecular complexity index is 175. The maximum absolute atomic E-state index is 5.50. The average Bonchev–Trinajstić information content (AvgIpc) is 2.17. The molecule has 3 aliphatic rings. The Morgan fingerprint density at radius 1 is 1.25 bits per heavy atom. The molecule has 0 aromatic carbocycles.